The number of fused-ring (bicyclic) bond motifs is 1. The first kappa shape index (κ1) is 15.9. The lowest BCUT2D eigenvalue weighted by Crippen LogP contribution is -2.52. The van der Waals surface area contributed by atoms with Gasteiger partial charge in [-0.2, -0.15) is 0 Å². The van der Waals surface area contributed by atoms with E-state index in [0.29, 0.717) is 12.0 Å². The molecule has 1 N–H and O–H groups in total. The Balaban J connectivity index is 1.16. The van der Waals surface area contributed by atoms with E-state index >= 15 is 0 Å². The fraction of sp³-hybridized carbons (Fsp3) is 0.682. The molecule has 0 atom stereocenters. The summed E-state index contributed by atoms with van der Waals surface area (Å²) in [5, 5.41) is 3.33. The molecular formula is C22H30N2O. The van der Waals surface area contributed by atoms with Crippen molar-refractivity contribution in [3.05, 3.63) is 35.4 Å². The summed E-state index contributed by atoms with van der Waals surface area (Å²) in [7, 11) is 0. The smallest absolute Gasteiger partial charge is 0.234 e. The molecule has 4 saturated carbocycles. The second-order valence-electron chi connectivity index (χ2n) is 9.42. The van der Waals surface area contributed by atoms with E-state index in [2.05, 4.69) is 34.5 Å². The summed E-state index contributed by atoms with van der Waals surface area (Å²) in [5.74, 6) is 3.11. The number of carbonyl (C=O) groups excluding carboxylic acids is 1. The Labute approximate surface area is 151 Å². The van der Waals surface area contributed by atoms with Gasteiger partial charge in [0.25, 0.3) is 0 Å². The lowest BCUT2D eigenvalue weighted by molar-refractivity contribution is -0.124. The van der Waals surface area contributed by atoms with Gasteiger partial charge in [0.05, 0.1) is 6.54 Å². The second-order valence-corrected chi connectivity index (χ2v) is 9.42. The van der Waals surface area contributed by atoms with Crippen LogP contribution in [0.25, 0.3) is 0 Å². The third-order valence-electron chi connectivity index (χ3n) is 7.40. The average molecular weight is 338 g/mol. The topological polar surface area (TPSA) is 32.3 Å². The molecule has 1 aromatic rings. The highest BCUT2D eigenvalue weighted by Crippen LogP contribution is 2.59. The predicted octanol–water partition coefficient (Wildman–Crippen LogP) is 3.38. The SMILES string of the molecule is O=C(CN1CCc2ccccc2C1)NCC12CC3CC(CC(C3)C1)C2. The van der Waals surface area contributed by atoms with E-state index in [0.717, 1.165) is 43.8 Å². The molecule has 1 aromatic carbocycles. The van der Waals surface area contributed by atoms with Crippen LogP contribution in [0.4, 0.5) is 0 Å². The number of amides is 1. The molecule has 25 heavy (non-hydrogen) atoms. The van der Waals surface area contributed by atoms with Gasteiger partial charge in [-0.25, -0.2) is 0 Å². The molecule has 0 radical (unpaired) electrons. The van der Waals surface area contributed by atoms with Crippen molar-refractivity contribution in [3.8, 4) is 0 Å². The van der Waals surface area contributed by atoms with Gasteiger partial charge in [0, 0.05) is 19.6 Å². The summed E-state index contributed by atoms with van der Waals surface area (Å²) >= 11 is 0. The van der Waals surface area contributed by atoms with Crippen LogP contribution < -0.4 is 5.32 Å². The van der Waals surface area contributed by atoms with Crippen LogP contribution in [0.2, 0.25) is 0 Å². The number of carbonyl (C=O) groups is 1. The zero-order valence-corrected chi connectivity index (χ0v) is 15.2. The van der Waals surface area contributed by atoms with Crippen molar-refractivity contribution in [1.29, 1.82) is 0 Å². The molecule has 1 aliphatic heterocycles. The van der Waals surface area contributed by atoms with E-state index < -0.39 is 0 Å². The normalized spacial score (nSPS) is 36.2. The molecular weight excluding hydrogens is 308 g/mol. The van der Waals surface area contributed by atoms with E-state index in [4.69, 9.17) is 0 Å². The van der Waals surface area contributed by atoms with Crippen molar-refractivity contribution in [2.75, 3.05) is 19.6 Å². The van der Waals surface area contributed by atoms with E-state index in [1.54, 1.807) is 0 Å². The van der Waals surface area contributed by atoms with Crippen LogP contribution in [-0.2, 0) is 17.8 Å². The van der Waals surface area contributed by atoms with Crippen LogP contribution in [0.5, 0.6) is 0 Å². The fourth-order valence-corrected chi connectivity index (χ4v) is 6.74. The first-order chi connectivity index (χ1) is 12.2. The van der Waals surface area contributed by atoms with Crippen LogP contribution in [-0.4, -0.2) is 30.4 Å². The highest BCUT2D eigenvalue weighted by Gasteiger charge is 2.50. The van der Waals surface area contributed by atoms with E-state index in [1.807, 2.05) is 0 Å². The minimum absolute atomic E-state index is 0.232. The quantitative estimate of drug-likeness (QED) is 0.913. The maximum Gasteiger partial charge on any atom is 0.234 e. The molecule has 1 heterocycles. The minimum Gasteiger partial charge on any atom is -0.354 e. The largest absolute Gasteiger partial charge is 0.354 e. The highest BCUT2D eigenvalue weighted by atomic mass is 16.2. The van der Waals surface area contributed by atoms with Crippen LogP contribution in [0, 0.1) is 23.2 Å². The summed E-state index contributed by atoms with van der Waals surface area (Å²) < 4.78 is 0. The predicted molar refractivity (Wildman–Crippen MR) is 99.0 cm³/mol. The summed E-state index contributed by atoms with van der Waals surface area (Å²) in [4.78, 5) is 14.9. The van der Waals surface area contributed by atoms with Gasteiger partial charge in [0.2, 0.25) is 5.91 Å². The molecule has 5 aliphatic rings. The van der Waals surface area contributed by atoms with E-state index in [-0.39, 0.29) is 5.91 Å². The summed E-state index contributed by atoms with van der Waals surface area (Å²) in [6, 6.07) is 8.65. The molecule has 4 aliphatic carbocycles. The molecule has 3 heteroatoms. The standard InChI is InChI=1S/C22H30N2O/c25-21(14-24-6-5-19-3-1-2-4-20(19)13-24)23-15-22-10-16-7-17(11-22)9-18(8-16)12-22/h1-4,16-18H,5-15H2,(H,23,25). The molecule has 4 bridgehead atoms. The molecule has 134 valence electrons. The first-order valence-electron chi connectivity index (χ1n) is 10.2. The van der Waals surface area contributed by atoms with Gasteiger partial charge < -0.3 is 5.32 Å². The van der Waals surface area contributed by atoms with Crippen LogP contribution in [0.3, 0.4) is 0 Å². The molecule has 3 nitrogen and oxygen atoms in total. The third-order valence-corrected chi connectivity index (χ3v) is 7.40. The zero-order valence-electron chi connectivity index (χ0n) is 15.2. The van der Waals surface area contributed by atoms with Gasteiger partial charge in [0.15, 0.2) is 0 Å². The van der Waals surface area contributed by atoms with Crippen molar-refractivity contribution >= 4 is 5.91 Å². The molecule has 0 saturated heterocycles. The van der Waals surface area contributed by atoms with Crippen molar-refractivity contribution in [3.63, 3.8) is 0 Å². The van der Waals surface area contributed by atoms with Gasteiger partial charge in [0.1, 0.15) is 0 Å². The molecule has 6 rings (SSSR count). The van der Waals surface area contributed by atoms with Crippen molar-refractivity contribution < 1.29 is 4.79 Å². The highest BCUT2D eigenvalue weighted by molar-refractivity contribution is 5.78. The lowest BCUT2D eigenvalue weighted by atomic mass is 9.49. The number of nitrogens with zero attached hydrogens (tertiary/aromatic N) is 1. The van der Waals surface area contributed by atoms with E-state index in [1.165, 1.54) is 49.7 Å². The zero-order chi connectivity index (χ0) is 16.9. The number of hydrogen-bond acceptors (Lipinski definition) is 2. The number of benzene rings is 1. The average Bonchev–Trinajstić information content (AvgIpc) is 2.59. The molecule has 0 aromatic heterocycles. The molecule has 0 spiro atoms. The molecule has 0 unspecified atom stereocenters. The van der Waals surface area contributed by atoms with Crippen molar-refractivity contribution in [2.45, 2.75) is 51.5 Å². The second kappa shape index (κ2) is 6.12. The Bertz CT molecular complexity index is 632. The van der Waals surface area contributed by atoms with Crippen LogP contribution >= 0.6 is 0 Å². The van der Waals surface area contributed by atoms with Crippen LogP contribution in [0.15, 0.2) is 24.3 Å². The summed E-state index contributed by atoms with van der Waals surface area (Å²) in [5.41, 5.74) is 3.29. The Hall–Kier alpha value is -1.35. The molecule has 4 fully saturated rings. The first-order valence-corrected chi connectivity index (χ1v) is 10.2. The van der Waals surface area contributed by atoms with Crippen molar-refractivity contribution in [2.24, 2.45) is 23.2 Å². The van der Waals surface area contributed by atoms with Gasteiger partial charge in [-0.1, -0.05) is 24.3 Å². The van der Waals surface area contributed by atoms with Gasteiger partial charge in [-0.15, -0.1) is 0 Å². The van der Waals surface area contributed by atoms with Crippen LogP contribution in [0.1, 0.15) is 49.7 Å². The maximum atomic E-state index is 12.6. The lowest BCUT2D eigenvalue weighted by Gasteiger charge is -2.56. The minimum atomic E-state index is 0.232. The number of hydrogen-bond donors (Lipinski definition) is 1. The summed E-state index contributed by atoms with van der Waals surface area (Å²) in [6.07, 6.45) is 9.60. The maximum absolute atomic E-state index is 12.6. The Morgan fingerprint density at radius 3 is 2.36 bits per heavy atom. The fourth-order valence-electron chi connectivity index (χ4n) is 6.74. The molecule has 1 amide bonds. The van der Waals surface area contributed by atoms with Crippen molar-refractivity contribution in [1.82, 2.24) is 10.2 Å². The van der Waals surface area contributed by atoms with Gasteiger partial charge in [-0.3, -0.25) is 9.69 Å². The number of rotatable bonds is 4. The van der Waals surface area contributed by atoms with Gasteiger partial charge in [-0.05, 0) is 79.2 Å². The monoisotopic (exact) mass is 338 g/mol. The third kappa shape index (κ3) is 3.12. The number of nitrogens with one attached hydrogen (secondary N) is 1. The Morgan fingerprint density at radius 1 is 1.04 bits per heavy atom. The summed E-state index contributed by atoms with van der Waals surface area (Å²) in [6.45, 7) is 3.41. The Kier molecular flexibility index (Phi) is 3.89. The van der Waals surface area contributed by atoms with E-state index in [9.17, 15) is 4.79 Å². The Morgan fingerprint density at radius 2 is 1.68 bits per heavy atom. The van der Waals surface area contributed by atoms with Gasteiger partial charge >= 0.3 is 0 Å².